The summed E-state index contributed by atoms with van der Waals surface area (Å²) in [6.07, 6.45) is 0.725. The fourth-order valence-electron chi connectivity index (χ4n) is 1.93. The van der Waals surface area contributed by atoms with E-state index in [4.69, 9.17) is 4.74 Å². The van der Waals surface area contributed by atoms with Crippen LogP contribution in [0.1, 0.15) is 17.0 Å². The van der Waals surface area contributed by atoms with Crippen molar-refractivity contribution in [1.82, 2.24) is 15.2 Å². The monoisotopic (exact) mass is 265 g/mol. The number of nitrogens with zero attached hydrogens (tertiary/aromatic N) is 2. The Kier molecular flexibility index (Phi) is 3.73. The van der Waals surface area contributed by atoms with E-state index in [0.717, 1.165) is 17.8 Å². The third kappa shape index (κ3) is 3.23. The van der Waals surface area contributed by atoms with E-state index in [2.05, 4.69) is 27.3 Å². The minimum atomic E-state index is 0.389. The summed E-state index contributed by atoms with van der Waals surface area (Å²) in [5.74, 6) is 0.805. The normalized spacial score (nSPS) is 10.4. The molecule has 0 aliphatic rings. The average Bonchev–Trinajstić information content (AvgIpc) is 2.95. The van der Waals surface area contributed by atoms with Crippen molar-refractivity contribution in [3.63, 3.8) is 0 Å². The largest absolute Gasteiger partial charge is 0.458 e. The van der Waals surface area contributed by atoms with E-state index < -0.39 is 0 Å². The number of H-pyrrole nitrogens is 1. The van der Waals surface area contributed by atoms with Gasteiger partial charge in [0, 0.05) is 6.42 Å². The molecule has 1 heterocycles. The van der Waals surface area contributed by atoms with E-state index >= 15 is 0 Å². The van der Waals surface area contributed by atoms with Gasteiger partial charge < -0.3 is 4.74 Å². The maximum atomic E-state index is 5.56. The van der Waals surface area contributed by atoms with E-state index in [1.807, 2.05) is 48.5 Å². The van der Waals surface area contributed by atoms with Gasteiger partial charge in [-0.15, -0.1) is 5.10 Å². The summed E-state index contributed by atoms with van der Waals surface area (Å²) < 4.78 is 5.56. The van der Waals surface area contributed by atoms with E-state index in [0.29, 0.717) is 12.6 Å². The van der Waals surface area contributed by atoms with Gasteiger partial charge in [-0.3, -0.25) is 5.10 Å². The number of hydrogen-bond donors (Lipinski definition) is 1. The number of aromatic amines is 1. The SMILES string of the molecule is c1ccc(COc2n[nH]c(Cc3ccccc3)n2)cc1. The van der Waals surface area contributed by atoms with Crippen LogP contribution in [0.5, 0.6) is 6.01 Å². The summed E-state index contributed by atoms with van der Waals surface area (Å²) in [6, 6.07) is 20.5. The molecule has 0 bridgehead atoms. The van der Waals surface area contributed by atoms with Crippen molar-refractivity contribution >= 4 is 0 Å². The molecule has 100 valence electrons. The molecule has 0 atom stereocenters. The lowest BCUT2D eigenvalue weighted by molar-refractivity contribution is 0.282. The Labute approximate surface area is 117 Å². The van der Waals surface area contributed by atoms with Gasteiger partial charge in [0.25, 0.3) is 0 Å². The zero-order chi connectivity index (χ0) is 13.6. The van der Waals surface area contributed by atoms with Crippen LogP contribution < -0.4 is 4.74 Å². The molecular formula is C16H15N3O. The van der Waals surface area contributed by atoms with Gasteiger partial charge in [-0.1, -0.05) is 60.7 Å². The third-order valence-corrected chi connectivity index (χ3v) is 2.94. The van der Waals surface area contributed by atoms with Gasteiger partial charge >= 0.3 is 6.01 Å². The second-order valence-corrected chi connectivity index (χ2v) is 4.50. The van der Waals surface area contributed by atoms with Crippen LogP contribution in [-0.4, -0.2) is 15.2 Å². The summed E-state index contributed by atoms with van der Waals surface area (Å²) in [6.45, 7) is 0.476. The summed E-state index contributed by atoms with van der Waals surface area (Å²) >= 11 is 0. The first-order valence-electron chi connectivity index (χ1n) is 6.52. The van der Waals surface area contributed by atoms with Crippen molar-refractivity contribution in [3.05, 3.63) is 77.6 Å². The standard InChI is InChI=1S/C16H15N3O/c1-3-7-13(8-4-1)11-15-17-16(19-18-15)20-12-14-9-5-2-6-10-14/h1-10H,11-12H2,(H,17,18,19). The van der Waals surface area contributed by atoms with Crippen molar-refractivity contribution in [1.29, 1.82) is 0 Å². The van der Waals surface area contributed by atoms with Gasteiger partial charge in [-0.05, 0) is 11.1 Å². The highest BCUT2D eigenvalue weighted by Crippen LogP contribution is 2.09. The molecule has 0 fully saturated rings. The predicted molar refractivity (Wildman–Crippen MR) is 76.4 cm³/mol. The number of hydrogen-bond acceptors (Lipinski definition) is 3. The van der Waals surface area contributed by atoms with Crippen molar-refractivity contribution in [2.75, 3.05) is 0 Å². The number of aromatic nitrogens is 3. The van der Waals surface area contributed by atoms with Crippen molar-refractivity contribution in [2.45, 2.75) is 13.0 Å². The Balaban J connectivity index is 1.60. The molecule has 0 aliphatic heterocycles. The molecule has 2 aromatic carbocycles. The molecule has 0 aliphatic carbocycles. The van der Waals surface area contributed by atoms with Gasteiger partial charge in [-0.2, -0.15) is 4.98 Å². The molecule has 20 heavy (non-hydrogen) atoms. The van der Waals surface area contributed by atoms with Crippen LogP contribution in [0.3, 0.4) is 0 Å². The van der Waals surface area contributed by atoms with Crippen LogP contribution in [0.25, 0.3) is 0 Å². The van der Waals surface area contributed by atoms with Crippen molar-refractivity contribution < 1.29 is 4.74 Å². The predicted octanol–water partition coefficient (Wildman–Crippen LogP) is 2.97. The Morgan fingerprint density at radius 2 is 1.50 bits per heavy atom. The zero-order valence-corrected chi connectivity index (χ0v) is 11.0. The van der Waals surface area contributed by atoms with Gasteiger partial charge in [-0.25, -0.2) is 0 Å². The number of nitrogens with one attached hydrogen (secondary N) is 1. The summed E-state index contributed by atoms with van der Waals surface area (Å²) in [5, 5.41) is 6.97. The van der Waals surface area contributed by atoms with E-state index in [1.54, 1.807) is 0 Å². The van der Waals surface area contributed by atoms with Crippen LogP contribution in [0.4, 0.5) is 0 Å². The average molecular weight is 265 g/mol. The van der Waals surface area contributed by atoms with Gasteiger partial charge in [0.2, 0.25) is 0 Å². The van der Waals surface area contributed by atoms with E-state index in [1.165, 1.54) is 5.56 Å². The van der Waals surface area contributed by atoms with Crippen LogP contribution in [0.2, 0.25) is 0 Å². The Morgan fingerprint density at radius 1 is 0.850 bits per heavy atom. The summed E-state index contributed by atoms with van der Waals surface area (Å²) in [5.41, 5.74) is 2.29. The quantitative estimate of drug-likeness (QED) is 0.771. The third-order valence-electron chi connectivity index (χ3n) is 2.94. The molecule has 3 rings (SSSR count). The highest BCUT2D eigenvalue weighted by molar-refractivity contribution is 5.19. The molecule has 0 spiro atoms. The molecule has 1 N–H and O–H groups in total. The van der Waals surface area contributed by atoms with Gasteiger partial charge in [0.15, 0.2) is 0 Å². The first-order chi connectivity index (χ1) is 9.90. The van der Waals surface area contributed by atoms with Crippen LogP contribution in [-0.2, 0) is 13.0 Å². The topological polar surface area (TPSA) is 50.8 Å². The second-order valence-electron chi connectivity index (χ2n) is 4.50. The van der Waals surface area contributed by atoms with Gasteiger partial charge in [0.05, 0.1) is 0 Å². The minimum Gasteiger partial charge on any atom is -0.458 e. The maximum absolute atomic E-state index is 5.56. The molecule has 4 nitrogen and oxygen atoms in total. The minimum absolute atomic E-state index is 0.389. The smallest absolute Gasteiger partial charge is 0.335 e. The highest BCUT2D eigenvalue weighted by Gasteiger charge is 2.05. The first kappa shape index (κ1) is 12.4. The summed E-state index contributed by atoms with van der Waals surface area (Å²) in [4.78, 5) is 4.33. The molecular weight excluding hydrogens is 250 g/mol. The molecule has 3 aromatic rings. The lowest BCUT2D eigenvalue weighted by Crippen LogP contribution is -1.96. The van der Waals surface area contributed by atoms with Crippen LogP contribution in [0.15, 0.2) is 60.7 Å². The second kappa shape index (κ2) is 6.02. The van der Waals surface area contributed by atoms with E-state index in [-0.39, 0.29) is 0 Å². The molecule has 4 heteroatoms. The maximum Gasteiger partial charge on any atom is 0.335 e. The fourth-order valence-corrected chi connectivity index (χ4v) is 1.93. The Morgan fingerprint density at radius 3 is 2.20 bits per heavy atom. The Bertz CT molecular complexity index is 650. The van der Waals surface area contributed by atoms with Crippen molar-refractivity contribution in [3.8, 4) is 6.01 Å². The van der Waals surface area contributed by atoms with Crippen molar-refractivity contribution in [2.24, 2.45) is 0 Å². The molecule has 0 saturated heterocycles. The van der Waals surface area contributed by atoms with E-state index in [9.17, 15) is 0 Å². The number of ether oxygens (including phenoxy) is 1. The number of benzene rings is 2. The molecule has 0 unspecified atom stereocenters. The molecule has 0 radical (unpaired) electrons. The highest BCUT2D eigenvalue weighted by atomic mass is 16.5. The molecule has 0 saturated carbocycles. The lowest BCUT2D eigenvalue weighted by Gasteiger charge is -2.00. The van der Waals surface area contributed by atoms with Crippen LogP contribution in [0, 0.1) is 0 Å². The molecule has 1 aromatic heterocycles. The zero-order valence-electron chi connectivity index (χ0n) is 11.0. The number of rotatable bonds is 5. The van der Waals surface area contributed by atoms with Gasteiger partial charge in [0.1, 0.15) is 12.4 Å². The first-order valence-corrected chi connectivity index (χ1v) is 6.52. The van der Waals surface area contributed by atoms with Crippen LogP contribution >= 0.6 is 0 Å². The fraction of sp³-hybridized carbons (Fsp3) is 0.125. The lowest BCUT2D eigenvalue weighted by atomic mass is 10.1. The molecule has 0 amide bonds. The Hall–Kier alpha value is -2.62. The summed E-state index contributed by atoms with van der Waals surface area (Å²) in [7, 11) is 0.